The highest BCUT2D eigenvalue weighted by Crippen LogP contribution is 2.43. The van der Waals surface area contributed by atoms with E-state index in [9.17, 15) is 0 Å². The van der Waals surface area contributed by atoms with Gasteiger partial charge in [0, 0.05) is 12.7 Å². The van der Waals surface area contributed by atoms with Gasteiger partial charge >= 0.3 is 0 Å². The molecule has 14 heavy (non-hydrogen) atoms. The van der Waals surface area contributed by atoms with Crippen LogP contribution in [0.4, 0.5) is 0 Å². The maximum absolute atomic E-state index is 4.38. The zero-order chi connectivity index (χ0) is 10.3. The first-order valence-corrected chi connectivity index (χ1v) is 5.51. The molecule has 1 unspecified atom stereocenters. The fourth-order valence-corrected chi connectivity index (χ4v) is 2.61. The largest absolute Gasteiger partial charge is 0.272 e. The summed E-state index contributed by atoms with van der Waals surface area (Å²) in [5.41, 5.74) is 3.32. The fraction of sp³-hybridized carbons (Fsp3) is 0.750. The van der Waals surface area contributed by atoms with E-state index in [2.05, 4.69) is 39.1 Å². The highest BCUT2D eigenvalue weighted by Gasteiger charge is 2.31. The predicted molar refractivity (Wildman–Crippen MR) is 58.3 cm³/mol. The maximum Gasteiger partial charge on any atom is 0.0527 e. The van der Waals surface area contributed by atoms with Crippen LogP contribution < -0.4 is 0 Å². The van der Waals surface area contributed by atoms with Crippen molar-refractivity contribution >= 4 is 0 Å². The second kappa shape index (κ2) is 3.11. The van der Waals surface area contributed by atoms with E-state index in [1.165, 1.54) is 30.5 Å². The molecule has 0 saturated carbocycles. The molecule has 1 aliphatic carbocycles. The third kappa shape index (κ3) is 1.47. The van der Waals surface area contributed by atoms with Gasteiger partial charge in [-0.25, -0.2) is 0 Å². The summed E-state index contributed by atoms with van der Waals surface area (Å²) < 4.78 is 2.05. The Morgan fingerprint density at radius 2 is 2.14 bits per heavy atom. The number of aromatic nitrogens is 2. The molecular formula is C12H20N2. The average Bonchev–Trinajstić information content (AvgIpc) is 2.46. The summed E-state index contributed by atoms with van der Waals surface area (Å²) in [6, 6.07) is 0. The van der Waals surface area contributed by atoms with Crippen molar-refractivity contribution in [3.63, 3.8) is 0 Å². The van der Waals surface area contributed by atoms with Crippen molar-refractivity contribution in [2.45, 2.75) is 46.0 Å². The van der Waals surface area contributed by atoms with E-state index >= 15 is 0 Å². The highest BCUT2D eigenvalue weighted by molar-refractivity contribution is 5.27. The molecule has 0 saturated heterocycles. The van der Waals surface area contributed by atoms with Gasteiger partial charge in [0.25, 0.3) is 0 Å². The Morgan fingerprint density at radius 3 is 2.79 bits per heavy atom. The minimum Gasteiger partial charge on any atom is -0.272 e. The minimum atomic E-state index is 0.373. The molecule has 78 valence electrons. The van der Waals surface area contributed by atoms with Crippen molar-refractivity contribution in [3.8, 4) is 0 Å². The molecule has 0 fully saturated rings. The van der Waals surface area contributed by atoms with Crippen LogP contribution >= 0.6 is 0 Å². The molecule has 0 spiro atoms. The molecule has 0 N–H and O–H groups in total. The van der Waals surface area contributed by atoms with Crippen molar-refractivity contribution in [2.24, 2.45) is 12.5 Å². The van der Waals surface area contributed by atoms with Crippen LogP contribution in [0.5, 0.6) is 0 Å². The first kappa shape index (κ1) is 9.75. The van der Waals surface area contributed by atoms with Crippen molar-refractivity contribution in [1.29, 1.82) is 0 Å². The van der Waals surface area contributed by atoms with Gasteiger partial charge in [-0.05, 0) is 36.2 Å². The molecule has 1 atom stereocenters. The van der Waals surface area contributed by atoms with Gasteiger partial charge in [0.15, 0.2) is 0 Å². The summed E-state index contributed by atoms with van der Waals surface area (Å²) >= 11 is 0. The van der Waals surface area contributed by atoms with Crippen molar-refractivity contribution in [1.82, 2.24) is 9.78 Å². The Morgan fingerprint density at radius 1 is 1.43 bits per heavy atom. The Hall–Kier alpha value is -0.790. The second-order valence-electron chi connectivity index (χ2n) is 5.48. The zero-order valence-corrected chi connectivity index (χ0v) is 9.67. The fourth-order valence-electron chi connectivity index (χ4n) is 2.61. The zero-order valence-electron chi connectivity index (χ0n) is 9.67. The summed E-state index contributed by atoms with van der Waals surface area (Å²) in [5.74, 6) is 0.694. The van der Waals surface area contributed by atoms with Crippen LogP contribution in [0, 0.1) is 5.41 Å². The summed E-state index contributed by atoms with van der Waals surface area (Å²) in [7, 11) is 2.06. The number of rotatable bonds is 0. The highest BCUT2D eigenvalue weighted by atomic mass is 15.3. The Balaban J connectivity index is 2.41. The molecule has 0 aromatic carbocycles. The van der Waals surface area contributed by atoms with Crippen molar-refractivity contribution in [2.75, 3.05) is 0 Å². The van der Waals surface area contributed by atoms with Crippen LogP contribution in [0.3, 0.4) is 0 Å². The van der Waals surface area contributed by atoms with E-state index < -0.39 is 0 Å². The molecule has 2 rings (SSSR count). The minimum absolute atomic E-state index is 0.373. The van der Waals surface area contributed by atoms with Gasteiger partial charge in [-0.3, -0.25) is 4.68 Å². The lowest BCUT2D eigenvalue weighted by atomic mass is 9.71. The van der Waals surface area contributed by atoms with E-state index in [0.29, 0.717) is 11.3 Å². The van der Waals surface area contributed by atoms with Crippen molar-refractivity contribution in [3.05, 3.63) is 17.5 Å². The van der Waals surface area contributed by atoms with Crippen LogP contribution in [0.25, 0.3) is 0 Å². The number of fused-ring (bicyclic) bond motifs is 1. The first-order chi connectivity index (χ1) is 6.50. The molecular weight excluding hydrogens is 172 g/mol. The third-order valence-corrected chi connectivity index (χ3v) is 3.42. The molecule has 1 aromatic heterocycles. The number of nitrogens with zero attached hydrogens (tertiary/aromatic N) is 2. The van der Waals surface area contributed by atoms with Gasteiger partial charge in [0.05, 0.1) is 6.20 Å². The Kier molecular flexibility index (Phi) is 2.17. The van der Waals surface area contributed by atoms with E-state index in [4.69, 9.17) is 0 Å². The predicted octanol–water partition coefficient (Wildman–Crippen LogP) is 2.89. The average molecular weight is 192 g/mol. The molecule has 0 radical (unpaired) electrons. The molecule has 0 bridgehead atoms. The monoisotopic (exact) mass is 192 g/mol. The van der Waals surface area contributed by atoms with E-state index in [-0.39, 0.29) is 0 Å². The Bertz CT molecular complexity index is 331. The summed E-state index contributed by atoms with van der Waals surface area (Å²) in [6.45, 7) is 7.00. The SMILES string of the molecule is Cn1ncc2c1CCCC2C(C)(C)C. The van der Waals surface area contributed by atoms with Crippen LogP contribution in [-0.4, -0.2) is 9.78 Å². The smallest absolute Gasteiger partial charge is 0.0527 e. The number of hydrogen-bond donors (Lipinski definition) is 0. The lowest BCUT2D eigenvalue weighted by molar-refractivity contribution is 0.288. The van der Waals surface area contributed by atoms with Gasteiger partial charge in [0.1, 0.15) is 0 Å². The Labute approximate surface area is 86.3 Å². The lowest BCUT2D eigenvalue weighted by Crippen LogP contribution is -2.23. The van der Waals surface area contributed by atoms with Gasteiger partial charge in [-0.2, -0.15) is 5.10 Å². The quantitative estimate of drug-likeness (QED) is 0.618. The van der Waals surface area contributed by atoms with Crippen LogP contribution in [0.1, 0.15) is 50.8 Å². The molecule has 1 heterocycles. The summed E-state index contributed by atoms with van der Waals surface area (Å²) in [5, 5.41) is 4.38. The van der Waals surface area contributed by atoms with Crippen molar-refractivity contribution < 1.29 is 0 Å². The molecule has 1 aliphatic rings. The van der Waals surface area contributed by atoms with Gasteiger partial charge in [-0.15, -0.1) is 0 Å². The molecule has 0 amide bonds. The van der Waals surface area contributed by atoms with Gasteiger partial charge in [-0.1, -0.05) is 20.8 Å². The summed E-state index contributed by atoms with van der Waals surface area (Å²) in [6.07, 6.45) is 5.92. The molecule has 0 aliphatic heterocycles. The lowest BCUT2D eigenvalue weighted by Gasteiger charge is -2.33. The first-order valence-electron chi connectivity index (χ1n) is 5.51. The van der Waals surface area contributed by atoms with E-state index in [1.54, 1.807) is 0 Å². The van der Waals surface area contributed by atoms with E-state index in [0.717, 1.165) is 0 Å². The van der Waals surface area contributed by atoms with E-state index in [1.807, 2.05) is 4.68 Å². The van der Waals surface area contributed by atoms with Crippen LogP contribution in [0.2, 0.25) is 0 Å². The van der Waals surface area contributed by atoms with Gasteiger partial charge < -0.3 is 0 Å². The topological polar surface area (TPSA) is 17.8 Å². The molecule has 2 heteroatoms. The molecule has 1 aromatic rings. The molecule has 2 nitrogen and oxygen atoms in total. The number of aryl methyl sites for hydroxylation is 1. The second-order valence-corrected chi connectivity index (χ2v) is 5.48. The number of hydrogen-bond acceptors (Lipinski definition) is 1. The van der Waals surface area contributed by atoms with Crippen LogP contribution in [0.15, 0.2) is 6.20 Å². The van der Waals surface area contributed by atoms with Crippen LogP contribution in [-0.2, 0) is 13.5 Å². The third-order valence-electron chi connectivity index (χ3n) is 3.42. The van der Waals surface area contributed by atoms with Gasteiger partial charge in [0.2, 0.25) is 0 Å². The summed E-state index contributed by atoms with van der Waals surface area (Å²) in [4.78, 5) is 0. The normalized spacial score (nSPS) is 22.1. The standard InChI is InChI=1S/C12H20N2/c1-12(2,3)10-6-5-7-11-9(10)8-13-14(11)4/h8,10H,5-7H2,1-4H3. The maximum atomic E-state index is 4.38.